The number of piperidine rings is 1. The maximum Gasteiger partial charge on any atom is 0.0540 e. The first kappa shape index (κ1) is 14.5. The van der Waals surface area contributed by atoms with Crippen molar-refractivity contribution in [1.82, 2.24) is 20.0 Å². The van der Waals surface area contributed by atoms with Crippen molar-refractivity contribution in [2.75, 3.05) is 26.7 Å². The van der Waals surface area contributed by atoms with E-state index in [1.54, 1.807) is 0 Å². The Kier molecular flexibility index (Phi) is 4.99. The molecule has 1 aliphatic rings. The Bertz CT molecular complexity index is 381. The topological polar surface area (TPSA) is 33.1 Å². The second-order valence-electron chi connectivity index (χ2n) is 5.75. The lowest BCUT2D eigenvalue weighted by Gasteiger charge is -2.41. The molecule has 4 nitrogen and oxygen atoms in total. The molecule has 1 N–H and O–H groups in total. The van der Waals surface area contributed by atoms with E-state index >= 15 is 0 Å². The summed E-state index contributed by atoms with van der Waals surface area (Å²) in [5.41, 5.74) is 2.74. The number of hydrogen-bond acceptors (Lipinski definition) is 3. The number of hydrogen-bond donors (Lipinski definition) is 1. The predicted octanol–water partition coefficient (Wildman–Crippen LogP) is 2.11. The highest BCUT2D eigenvalue weighted by molar-refractivity contribution is 5.22. The molecule has 0 bridgehead atoms. The normalized spacial score (nSPS) is 24.8. The molecule has 1 aromatic heterocycles. The van der Waals surface area contributed by atoms with Gasteiger partial charge in [-0.2, -0.15) is 5.10 Å². The summed E-state index contributed by atoms with van der Waals surface area (Å²) in [7, 11) is 4.10. The van der Waals surface area contributed by atoms with Gasteiger partial charge in [0.25, 0.3) is 0 Å². The minimum Gasteiger partial charge on any atom is -0.319 e. The molecule has 1 fully saturated rings. The molecule has 108 valence electrons. The van der Waals surface area contributed by atoms with Crippen molar-refractivity contribution in [3.8, 4) is 0 Å². The van der Waals surface area contributed by atoms with E-state index in [4.69, 9.17) is 0 Å². The van der Waals surface area contributed by atoms with Gasteiger partial charge in [-0.1, -0.05) is 6.92 Å². The molecular weight excluding hydrogens is 236 g/mol. The third kappa shape index (κ3) is 3.00. The van der Waals surface area contributed by atoms with Crippen LogP contribution in [0.15, 0.2) is 6.20 Å². The average Bonchev–Trinajstić information content (AvgIpc) is 2.72. The van der Waals surface area contributed by atoms with Gasteiger partial charge in [-0.25, -0.2) is 0 Å². The van der Waals surface area contributed by atoms with Crippen LogP contribution in [0.1, 0.15) is 43.5 Å². The van der Waals surface area contributed by atoms with E-state index in [0.717, 1.165) is 6.54 Å². The van der Waals surface area contributed by atoms with Crippen molar-refractivity contribution in [3.05, 3.63) is 17.5 Å². The average molecular weight is 264 g/mol. The Balaban J connectivity index is 2.28. The molecule has 0 saturated carbocycles. The van der Waals surface area contributed by atoms with Crippen LogP contribution in [0.4, 0.5) is 0 Å². The smallest absolute Gasteiger partial charge is 0.0540 e. The van der Waals surface area contributed by atoms with Crippen molar-refractivity contribution in [2.24, 2.45) is 13.0 Å². The van der Waals surface area contributed by atoms with Gasteiger partial charge in [0.05, 0.1) is 6.20 Å². The summed E-state index contributed by atoms with van der Waals surface area (Å²) in [6, 6.07) is 0.537. The van der Waals surface area contributed by atoms with Gasteiger partial charge in [0.1, 0.15) is 0 Å². The van der Waals surface area contributed by atoms with Crippen molar-refractivity contribution in [3.63, 3.8) is 0 Å². The van der Waals surface area contributed by atoms with Crippen LogP contribution < -0.4 is 5.32 Å². The molecule has 0 amide bonds. The Hall–Kier alpha value is -0.870. The Morgan fingerprint density at radius 2 is 2.26 bits per heavy atom. The highest BCUT2D eigenvalue weighted by Gasteiger charge is 2.33. The van der Waals surface area contributed by atoms with Crippen LogP contribution in [0, 0.1) is 12.8 Å². The molecule has 2 rings (SSSR count). The molecule has 0 aliphatic carbocycles. The maximum atomic E-state index is 4.45. The predicted molar refractivity (Wildman–Crippen MR) is 79.2 cm³/mol. The summed E-state index contributed by atoms with van der Waals surface area (Å²) >= 11 is 0. The van der Waals surface area contributed by atoms with E-state index in [1.165, 1.54) is 43.6 Å². The fourth-order valence-electron chi connectivity index (χ4n) is 3.42. The summed E-state index contributed by atoms with van der Waals surface area (Å²) in [6.45, 7) is 7.98. The fourth-order valence-corrected chi connectivity index (χ4v) is 3.42. The highest BCUT2D eigenvalue weighted by atomic mass is 15.3. The number of nitrogens with zero attached hydrogens (tertiary/aromatic N) is 3. The summed E-state index contributed by atoms with van der Waals surface area (Å²) in [4.78, 5) is 2.66. The van der Waals surface area contributed by atoms with Crippen molar-refractivity contribution in [1.29, 1.82) is 0 Å². The Labute approximate surface area is 117 Å². The third-order valence-corrected chi connectivity index (χ3v) is 4.43. The van der Waals surface area contributed by atoms with E-state index in [1.807, 2.05) is 11.7 Å². The molecule has 1 saturated heterocycles. The molecule has 2 unspecified atom stereocenters. The number of nitrogens with one attached hydrogen (secondary N) is 1. The molecule has 1 aliphatic heterocycles. The van der Waals surface area contributed by atoms with Crippen LogP contribution in [-0.2, 0) is 7.05 Å². The molecular formula is C15H28N4. The lowest BCUT2D eigenvalue weighted by molar-refractivity contribution is 0.0919. The zero-order valence-corrected chi connectivity index (χ0v) is 12.8. The van der Waals surface area contributed by atoms with Gasteiger partial charge >= 0.3 is 0 Å². The minimum absolute atomic E-state index is 0.537. The van der Waals surface area contributed by atoms with E-state index in [2.05, 4.69) is 42.4 Å². The van der Waals surface area contributed by atoms with Crippen LogP contribution in [0.25, 0.3) is 0 Å². The van der Waals surface area contributed by atoms with Gasteiger partial charge in [0, 0.05) is 24.3 Å². The van der Waals surface area contributed by atoms with Crippen molar-refractivity contribution >= 4 is 0 Å². The van der Waals surface area contributed by atoms with Crippen LogP contribution in [-0.4, -0.2) is 41.4 Å². The molecule has 2 atom stereocenters. The van der Waals surface area contributed by atoms with Crippen LogP contribution in [0.5, 0.6) is 0 Å². The van der Waals surface area contributed by atoms with Crippen LogP contribution in [0.3, 0.4) is 0 Å². The molecule has 0 aromatic carbocycles. The molecule has 19 heavy (non-hydrogen) atoms. The highest BCUT2D eigenvalue weighted by Crippen LogP contribution is 2.37. The summed E-state index contributed by atoms with van der Waals surface area (Å²) in [6.07, 6.45) is 5.95. The van der Waals surface area contributed by atoms with Gasteiger partial charge in [-0.05, 0) is 58.8 Å². The van der Waals surface area contributed by atoms with Gasteiger partial charge in [-0.15, -0.1) is 0 Å². The third-order valence-electron chi connectivity index (χ3n) is 4.43. The van der Waals surface area contributed by atoms with Gasteiger partial charge in [0.15, 0.2) is 0 Å². The molecule has 0 spiro atoms. The SMILES string of the molecule is CCCN1CCCC(CNC)C1c1cnn(C)c1C. The fraction of sp³-hybridized carbons (Fsp3) is 0.800. The van der Waals surface area contributed by atoms with Gasteiger partial charge < -0.3 is 5.32 Å². The first-order valence-corrected chi connectivity index (χ1v) is 7.56. The lowest BCUT2D eigenvalue weighted by Crippen LogP contribution is -2.42. The summed E-state index contributed by atoms with van der Waals surface area (Å²) < 4.78 is 2.00. The molecule has 0 radical (unpaired) electrons. The van der Waals surface area contributed by atoms with E-state index in [-0.39, 0.29) is 0 Å². The first-order valence-electron chi connectivity index (χ1n) is 7.56. The first-order chi connectivity index (χ1) is 9.19. The zero-order valence-electron chi connectivity index (χ0n) is 12.8. The van der Waals surface area contributed by atoms with E-state index in [9.17, 15) is 0 Å². The Morgan fingerprint density at radius 1 is 1.47 bits per heavy atom. The molecule has 2 heterocycles. The summed E-state index contributed by atoms with van der Waals surface area (Å²) in [5.74, 6) is 0.702. The van der Waals surface area contributed by atoms with Crippen LogP contribution >= 0.6 is 0 Å². The number of likely N-dealkylation sites (tertiary alicyclic amines) is 1. The molecule has 4 heteroatoms. The zero-order chi connectivity index (χ0) is 13.8. The van der Waals surface area contributed by atoms with Crippen molar-refractivity contribution in [2.45, 2.75) is 39.2 Å². The van der Waals surface area contributed by atoms with Gasteiger partial charge in [-0.3, -0.25) is 9.58 Å². The largest absolute Gasteiger partial charge is 0.319 e. The second kappa shape index (κ2) is 6.53. The number of aromatic nitrogens is 2. The number of aryl methyl sites for hydroxylation is 1. The molecule has 1 aromatic rings. The summed E-state index contributed by atoms with van der Waals surface area (Å²) in [5, 5.41) is 7.82. The standard InChI is InChI=1S/C15H28N4/c1-5-8-19-9-6-7-13(10-16-3)15(19)14-11-17-18(4)12(14)2/h11,13,15-16H,5-10H2,1-4H3. The lowest BCUT2D eigenvalue weighted by atomic mass is 9.84. The van der Waals surface area contributed by atoms with Gasteiger partial charge in [0.2, 0.25) is 0 Å². The second-order valence-corrected chi connectivity index (χ2v) is 5.75. The number of rotatable bonds is 5. The Morgan fingerprint density at radius 3 is 2.84 bits per heavy atom. The van der Waals surface area contributed by atoms with E-state index < -0.39 is 0 Å². The van der Waals surface area contributed by atoms with Crippen molar-refractivity contribution < 1.29 is 0 Å². The van der Waals surface area contributed by atoms with E-state index in [0.29, 0.717) is 12.0 Å². The minimum atomic E-state index is 0.537. The monoisotopic (exact) mass is 264 g/mol. The van der Waals surface area contributed by atoms with Crippen LogP contribution in [0.2, 0.25) is 0 Å². The maximum absolute atomic E-state index is 4.45. The quantitative estimate of drug-likeness (QED) is 0.884.